The number of carbonyl (C=O) groups excluding carboxylic acids is 1. The summed E-state index contributed by atoms with van der Waals surface area (Å²) in [5.41, 5.74) is 0. The van der Waals surface area contributed by atoms with Crippen LogP contribution in [0.3, 0.4) is 0 Å². The van der Waals surface area contributed by atoms with Gasteiger partial charge in [0.1, 0.15) is 18.5 Å². The number of hydrogen-bond donors (Lipinski definition) is 1. The molecule has 1 aromatic carbocycles. The van der Waals surface area contributed by atoms with Gasteiger partial charge in [-0.1, -0.05) is 18.2 Å². The molecule has 4 rings (SSSR count). The van der Waals surface area contributed by atoms with Crippen LogP contribution in [0, 0.1) is 5.92 Å². The molecule has 2 heterocycles. The molecule has 25 heavy (non-hydrogen) atoms. The Hall–Kier alpha value is -1.59. The summed E-state index contributed by atoms with van der Waals surface area (Å²) in [6.45, 7) is 2.92. The van der Waals surface area contributed by atoms with Gasteiger partial charge < -0.3 is 19.6 Å². The number of amides is 1. The van der Waals surface area contributed by atoms with Crippen molar-refractivity contribution in [1.82, 2.24) is 9.80 Å². The summed E-state index contributed by atoms with van der Waals surface area (Å²) in [5, 5.41) is 10.3. The van der Waals surface area contributed by atoms with Gasteiger partial charge in [0.25, 0.3) is 0 Å². The highest BCUT2D eigenvalue weighted by atomic mass is 16.5. The maximum atomic E-state index is 12.3. The van der Waals surface area contributed by atoms with Crippen LogP contribution in [0.5, 0.6) is 5.75 Å². The number of carbonyl (C=O) groups is 1. The first-order valence-corrected chi connectivity index (χ1v) is 9.60. The Labute approximate surface area is 149 Å². The number of nitrogens with zero attached hydrogens (tertiary/aromatic N) is 2. The first-order chi connectivity index (χ1) is 12.2. The topological polar surface area (TPSA) is 53.0 Å². The number of benzene rings is 1. The molecule has 2 saturated heterocycles. The summed E-state index contributed by atoms with van der Waals surface area (Å²) in [7, 11) is 0. The van der Waals surface area contributed by atoms with Gasteiger partial charge in [-0.05, 0) is 43.7 Å². The molecule has 1 aliphatic carbocycles. The van der Waals surface area contributed by atoms with E-state index < -0.39 is 6.10 Å². The van der Waals surface area contributed by atoms with E-state index in [1.807, 2.05) is 30.3 Å². The van der Waals surface area contributed by atoms with E-state index >= 15 is 0 Å². The molecule has 5 heteroatoms. The van der Waals surface area contributed by atoms with Gasteiger partial charge in [0.15, 0.2) is 0 Å². The molecular formula is C20H28N2O3. The van der Waals surface area contributed by atoms with Gasteiger partial charge in [-0.15, -0.1) is 0 Å². The lowest BCUT2D eigenvalue weighted by Crippen LogP contribution is -2.57. The number of β-amino-alcohol motifs (C(OH)–C–C–N with tert-alkyl or cyclic N) is 1. The van der Waals surface area contributed by atoms with Gasteiger partial charge in [0.2, 0.25) is 5.91 Å². The lowest BCUT2D eigenvalue weighted by molar-refractivity contribution is -0.142. The molecule has 1 N–H and O–H groups in total. The van der Waals surface area contributed by atoms with Gasteiger partial charge in [-0.2, -0.15) is 0 Å². The largest absolute Gasteiger partial charge is 0.491 e. The average molecular weight is 344 g/mol. The van der Waals surface area contributed by atoms with Gasteiger partial charge in [-0.25, -0.2) is 0 Å². The van der Waals surface area contributed by atoms with Crippen molar-refractivity contribution in [2.45, 2.75) is 50.3 Å². The summed E-state index contributed by atoms with van der Waals surface area (Å²) in [6, 6.07) is 10.6. The number of rotatable bonds is 6. The van der Waals surface area contributed by atoms with E-state index in [1.54, 1.807) is 0 Å². The summed E-state index contributed by atoms with van der Waals surface area (Å²) in [6.07, 6.45) is 4.63. The molecule has 3 aliphatic rings. The quantitative estimate of drug-likeness (QED) is 0.856. The number of aliphatic hydroxyl groups is 1. The van der Waals surface area contributed by atoms with Crippen LogP contribution in [0.4, 0.5) is 0 Å². The Bertz CT molecular complexity index is 590. The number of para-hydroxylation sites is 1. The van der Waals surface area contributed by atoms with E-state index in [1.165, 1.54) is 12.8 Å². The fourth-order valence-corrected chi connectivity index (χ4v) is 4.42. The number of hydrogen-bond acceptors (Lipinski definition) is 4. The Morgan fingerprint density at radius 1 is 1.16 bits per heavy atom. The van der Waals surface area contributed by atoms with Crippen molar-refractivity contribution < 1.29 is 14.6 Å². The van der Waals surface area contributed by atoms with Crippen molar-refractivity contribution in [3.63, 3.8) is 0 Å². The minimum atomic E-state index is -0.485. The summed E-state index contributed by atoms with van der Waals surface area (Å²) in [4.78, 5) is 16.8. The van der Waals surface area contributed by atoms with Crippen molar-refractivity contribution in [1.29, 1.82) is 0 Å². The van der Waals surface area contributed by atoms with E-state index in [4.69, 9.17) is 4.74 Å². The van der Waals surface area contributed by atoms with Gasteiger partial charge in [0, 0.05) is 38.1 Å². The number of piperidine rings is 2. The third kappa shape index (κ3) is 3.98. The van der Waals surface area contributed by atoms with E-state index in [0.29, 0.717) is 43.5 Å². The Morgan fingerprint density at radius 2 is 1.96 bits per heavy atom. The van der Waals surface area contributed by atoms with Crippen LogP contribution in [-0.4, -0.2) is 65.2 Å². The molecule has 3 unspecified atom stereocenters. The Kier molecular flexibility index (Phi) is 4.95. The monoisotopic (exact) mass is 344 g/mol. The maximum absolute atomic E-state index is 12.3. The van der Waals surface area contributed by atoms with Gasteiger partial charge in [-0.3, -0.25) is 4.79 Å². The highest BCUT2D eigenvalue weighted by Gasteiger charge is 2.45. The molecule has 3 fully saturated rings. The fourth-order valence-electron chi connectivity index (χ4n) is 4.42. The number of aliphatic hydroxyl groups excluding tert-OH is 1. The predicted molar refractivity (Wildman–Crippen MR) is 95.4 cm³/mol. The summed E-state index contributed by atoms with van der Waals surface area (Å²) < 4.78 is 5.66. The number of ether oxygens (including phenoxy) is 1. The van der Waals surface area contributed by atoms with E-state index in [2.05, 4.69) is 9.80 Å². The molecule has 1 saturated carbocycles. The zero-order chi connectivity index (χ0) is 17.2. The molecule has 1 amide bonds. The van der Waals surface area contributed by atoms with Crippen LogP contribution in [0.2, 0.25) is 0 Å². The lowest BCUT2D eigenvalue weighted by atomic mass is 9.83. The smallest absolute Gasteiger partial charge is 0.223 e. The first-order valence-electron chi connectivity index (χ1n) is 9.60. The summed E-state index contributed by atoms with van der Waals surface area (Å²) in [5.74, 6) is 1.73. The molecule has 0 radical (unpaired) electrons. The van der Waals surface area contributed by atoms with Crippen LogP contribution >= 0.6 is 0 Å². The van der Waals surface area contributed by atoms with E-state index in [-0.39, 0.29) is 0 Å². The Balaban J connectivity index is 1.27. The standard InChI is InChI=1S/C20H28N2O3/c23-17(14-25-18-4-2-1-3-5-18)13-21-11-10-19-15(12-21)6-9-20(24)22(19)16-7-8-16/h1-5,15-17,19,23H,6-14H2. The van der Waals surface area contributed by atoms with Crippen LogP contribution in [0.1, 0.15) is 32.1 Å². The molecule has 2 aliphatic heterocycles. The zero-order valence-corrected chi connectivity index (χ0v) is 14.7. The second-order valence-corrected chi connectivity index (χ2v) is 7.72. The van der Waals surface area contributed by atoms with Crippen LogP contribution < -0.4 is 4.74 Å². The zero-order valence-electron chi connectivity index (χ0n) is 14.7. The molecule has 1 aromatic rings. The minimum absolute atomic E-state index is 0.321. The fraction of sp³-hybridized carbons (Fsp3) is 0.650. The molecular weight excluding hydrogens is 316 g/mol. The normalized spacial score (nSPS) is 28.5. The highest BCUT2D eigenvalue weighted by Crippen LogP contribution is 2.38. The van der Waals surface area contributed by atoms with Crippen molar-refractivity contribution in [2.24, 2.45) is 5.92 Å². The van der Waals surface area contributed by atoms with Crippen LogP contribution in [0.25, 0.3) is 0 Å². The van der Waals surface area contributed by atoms with Crippen molar-refractivity contribution in [3.8, 4) is 5.75 Å². The lowest BCUT2D eigenvalue weighted by Gasteiger charge is -2.47. The van der Waals surface area contributed by atoms with E-state index in [0.717, 1.165) is 31.7 Å². The SMILES string of the molecule is O=C1CCC2CN(CC(O)COc3ccccc3)CCC2N1C1CC1. The molecule has 0 aromatic heterocycles. The first kappa shape index (κ1) is 16.9. The molecule has 0 spiro atoms. The highest BCUT2D eigenvalue weighted by molar-refractivity contribution is 5.78. The molecule has 3 atom stereocenters. The van der Waals surface area contributed by atoms with Gasteiger partial charge in [0.05, 0.1) is 0 Å². The predicted octanol–water partition coefficient (Wildman–Crippen LogP) is 1.90. The number of likely N-dealkylation sites (tertiary alicyclic amines) is 2. The number of fused-ring (bicyclic) bond motifs is 1. The maximum Gasteiger partial charge on any atom is 0.223 e. The van der Waals surface area contributed by atoms with E-state index in [9.17, 15) is 9.90 Å². The van der Waals surface area contributed by atoms with Crippen molar-refractivity contribution in [3.05, 3.63) is 30.3 Å². The van der Waals surface area contributed by atoms with Crippen LogP contribution in [-0.2, 0) is 4.79 Å². The molecule has 5 nitrogen and oxygen atoms in total. The average Bonchev–Trinajstić information content (AvgIpc) is 3.46. The second-order valence-electron chi connectivity index (χ2n) is 7.72. The van der Waals surface area contributed by atoms with Gasteiger partial charge >= 0.3 is 0 Å². The van der Waals surface area contributed by atoms with Crippen molar-refractivity contribution >= 4 is 5.91 Å². The third-order valence-corrected chi connectivity index (χ3v) is 5.75. The molecule has 0 bridgehead atoms. The summed E-state index contributed by atoms with van der Waals surface area (Å²) >= 11 is 0. The Morgan fingerprint density at radius 3 is 2.72 bits per heavy atom. The second kappa shape index (κ2) is 7.34. The minimum Gasteiger partial charge on any atom is -0.491 e. The van der Waals surface area contributed by atoms with Crippen LogP contribution in [0.15, 0.2) is 30.3 Å². The molecule has 136 valence electrons. The van der Waals surface area contributed by atoms with Crippen molar-refractivity contribution in [2.75, 3.05) is 26.2 Å². The third-order valence-electron chi connectivity index (χ3n) is 5.75.